The van der Waals surface area contributed by atoms with Gasteiger partial charge in [-0.25, -0.2) is 4.79 Å². The van der Waals surface area contributed by atoms with E-state index in [1.165, 1.54) is 11.3 Å². The van der Waals surface area contributed by atoms with Crippen LogP contribution in [0.25, 0.3) is 0 Å². The summed E-state index contributed by atoms with van der Waals surface area (Å²) in [6, 6.07) is 15.7. The van der Waals surface area contributed by atoms with Crippen LogP contribution in [0.15, 0.2) is 54.6 Å². The molecule has 2 N–H and O–H groups in total. The van der Waals surface area contributed by atoms with Gasteiger partial charge in [-0.2, -0.15) is 0 Å². The van der Waals surface area contributed by atoms with E-state index < -0.39 is 12.1 Å². The Balaban J connectivity index is 1.42. The molecule has 1 aliphatic carbocycles. The third-order valence-corrected chi connectivity index (χ3v) is 6.93. The van der Waals surface area contributed by atoms with Crippen molar-refractivity contribution in [3.8, 4) is 5.75 Å². The summed E-state index contributed by atoms with van der Waals surface area (Å²) in [4.78, 5) is 39.1. The molecule has 8 heteroatoms. The first kappa shape index (κ1) is 24.5. The summed E-state index contributed by atoms with van der Waals surface area (Å²) in [6.45, 7) is 3.71. The first-order valence-corrected chi connectivity index (χ1v) is 12.5. The molecule has 7 nitrogen and oxygen atoms in total. The van der Waals surface area contributed by atoms with Crippen molar-refractivity contribution in [2.75, 3.05) is 17.2 Å². The summed E-state index contributed by atoms with van der Waals surface area (Å²) in [5.74, 6) is -0.522. The van der Waals surface area contributed by atoms with Crippen LogP contribution in [0.5, 0.6) is 5.75 Å². The second-order valence-electron chi connectivity index (χ2n) is 8.23. The molecule has 1 aromatic heterocycles. The maximum atomic E-state index is 12.9. The van der Waals surface area contributed by atoms with Gasteiger partial charge in [0.05, 0.1) is 12.2 Å². The number of esters is 1. The highest BCUT2D eigenvalue weighted by atomic mass is 32.1. The number of hydrogen-bond acceptors (Lipinski definition) is 6. The van der Waals surface area contributed by atoms with Crippen LogP contribution in [0.4, 0.5) is 10.7 Å². The molecule has 0 aliphatic heterocycles. The summed E-state index contributed by atoms with van der Waals surface area (Å²) in [5, 5.41) is 6.24. The molecular formula is C27H28N2O5S. The zero-order chi connectivity index (χ0) is 24.8. The van der Waals surface area contributed by atoms with Crippen LogP contribution >= 0.6 is 11.3 Å². The highest BCUT2D eigenvalue weighted by Gasteiger charge is 2.27. The Hall–Kier alpha value is -3.65. The minimum Gasteiger partial charge on any atom is -0.481 e. The minimum atomic E-state index is -0.723. The van der Waals surface area contributed by atoms with Gasteiger partial charge in [0.1, 0.15) is 10.8 Å². The Bertz CT molecular complexity index is 1200. The average Bonchev–Trinajstić information content (AvgIpc) is 3.23. The molecular weight excluding hydrogens is 464 g/mol. The lowest BCUT2D eigenvalue weighted by atomic mass is 9.95. The van der Waals surface area contributed by atoms with Gasteiger partial charge in [0, 0.05) is 16.1 Å². The van der Waals surface area contributed by atoms with E-state index in [1.54, 1.807) is 50.2 Å². The summed E-state index contributed by atoms with van der Waals surface area (Å²) in [5.41, 5.74) is 2.59. The first-order chi connectivity index (χ1) is 17.0. The molecule has 2 aromatic carbocycles. The van der Waals surface area contributed by atoms with Crippen LogP contribution in [0.1, 0.15) is 57.8 Å². The van der Waals surface area contributed by atoms with Gasteiger partial charge in [0.25, 0.3) is 11.8 Å². The SMILES string of the molecule is CCOC(=O)c1c(NC(=O)c2ccc(O[C@@H](C)C(=O)Nc3ccccc3)cc2)sc2c1CCCC2. The minimum absolute atomic E-state index is 0.272. The van der Waals surface area contributed by atoms with E-state index in [9.17, 15) is 14.4 Å². The highest BCUT2D eigenvalue weighted by Crippen LogP contribution is 2.38. The van der Waals surface area contributed by atoms with Gasteiger partial charge >= 0.3 is 5.97 Å². The van der Waals surface area contributed by atoms with E-state index >= 15 is 0 Å². The van der Waals surface area contributed by atoms with Crippen molar-refractivity contribution in [1.82, 2.24) is 0 Å². The monoisotopic (exact) mass is 492 g/mol. The molecule has 182 valence electrons. The van der Waals surface area contributed by atoms with Crippen molar-refractivity contribution in [2.24, 2.45) is 0 Å². The fourth-order valence-electron chi connectivity index (χ4n) is 3.96. The molecule has 0 saturated carbocycles. The number of amides is 2. The van der Waals surface area contributed by atoms with Crippen LogP contribution in [0, 0.1) is 0 Å². The van der Waals surface area contributed by atoms with Crippen LogP contribution in [-0.2, 0) is 22.4 Å². The largest absolute Gasteiger partial charge is 0.481 e. The quantitative estimate of drug-likeness (QED) is 0.407. The predicted octanol–water partition coefficient (Wildman–Crippen LogP) is 5.46. The summed E-state index contributed by atoms with van der Waals surface area (Å²) in [7, 11) is 0. The third-order valence-electron chi connectivity index (χ3n) is 5.72. The molecule has 0 spiro atoms. The van der Waals surface area contributed by atoms with E-state index in [0.717, 1.165) is 36.1 Å². The first-order valence-electron chi connectivity index (χ1n) is 11.7. The molecule has 1 atom stereocenters. The van der Waals surface area contributed by atoms with Crippen LogP contribution in [0.3, 0.4) is 0 Å². The van der Waals surface area contributed by atoms with Gasteiger partial charge in [-0.15, -0.1) is 11.3 Å². The van der Waals surface area contributed by atoms with Gasteiger partial charge in [0.15, 0.2) is 6.10 Å². The van der Waals surface area contributed by atoms with Gasteiger partial charge in [0.2, 0.25) is 0 Å². The number of carbonyl (C=O) groups is 3. The highest BCUT2D eigenvalue weighted by molar-refractivity contribution is 7.17. The van der Waals surface area contributed by atoms with Crippen molar-refractivity contribution >= 4 is 39.8 Å². The molecule has 1 aliphatic rings. The lowest BCUT2D eigenvalue weighted by Gasteiger charge is -2.15. The van der Waals surface area contributed by atoms with Gasteiger partial charge in [-0.1, -0.05) is 18.2 Å². The van der Waals surface area contributed by atoms with Crippen molar-refractivity contribution in [1.29, 1.82) is 0 Å². The van der Waals surface area contributed by atoms with Crippen molar-refractivity contribution in [2.45, 2.75) is 45.6 Å². The summed E-state index contributed by atoms with van der Waals surface area (Å²) >= 11 is 1.45. The Kier molecular flexibility index (Phi) is 7.82. The molecule has 0 saturated heterocycles. The van der Waals surface area contributed by atoms with Gasteiger partial charge < -0.3 is 20.1 Å². The molecule has 0 fully saturated rings. The average molecular weight is 493 g/mol. The van der Waals surface area contributed by atoms with Crippen molar-refractivity contribution in [3.63, 3.8) is 0 Å². The molecule has 1 heterocycles. The number of nitrogens with one attached hydrogen (secondary N) is 2. The number of benzene rings is 2. The van der Waals surface area contributed by atoms with E-state index in [2.05, 4.69) is 10.6 Å². The second kappa shape index (κ2) is 11.2. The predicted molar refractivity (Wildman–Crippen MR) is 136 cm³/mol. The second-order valence-corrected chi connectivity index (χ2v) is 9.33. The molecule has 0 radical (unpaired) electrons. The zero-order valence-electron chi connectivity index (χ0n) is 19.8. The van der Waals surface area contributed by atoms with E-state index in [0.29, 0.717) is 27.6 Å². The number of hydrogen-bond donors (Lipinski definition) is 2. The number of fused-ring (bicyclic) bond motifs is 1. The number of thiophene rings is 1. The van der Waals surface area contributed by atoms with Crippen molar-refractivity contribution < 1.29 is 23.9 Å². The van der Waals surface area contributed by atoms with E-state index in [-0.39, 0.29) is 18.4 Å². The molecule has 0 bridgehead atoms. The number of aryl methyl sites for hydroxylation is 1. The Labute approximate surface area is 208 Å². The van der Waals surface area contributed by atoms with Crippen LogP contribution in [0.2, 0.25) is 0 Å². The van der Waals surface area contributed by atoms with Crippen LogP contribution in [-0.4, -0.2) is 30.5 Å². The fraction of sp³-hybridized carbons (Fsp3) is 0.296. The van der Waals surface area contributed by atoms with Gasteiger partial charge in [-0.05, 0) is 81.5 Å². The number of para-hydroxylation sites is 1. The lowest BCUT2D eigenvalue weighted by molar-refractivity contribution is -0.122. The molecule has 35 heavy (non-hydrogen) atoms. The number of rotatable bonds is 8. The van der Waals surface area contributed by atoms with E-state index in [1.807, 2.05) is 18.2 Å². The van der Waals surface area contributed by atoms with Crippen LogP contribution < -0.4 is 15.4 Å². The number of anilines is 2. The normalized spacial score (nSPS) is 13.3. The zero-order valence-corrected chi connectivity index (χ0v) is 20.6. The third kappa shape index (κ3) is 5.89. The van der Waals surface area contributed by atoms with E-state index in [4.69, 9.17) is 9.47 Å². The fourth-order valence-corrected chi connectivity index (χ4v) is 5.23. The maximum absolute atomic E-state index is 12.9. The Morgan fingerprint density at radius 3 is 2.40 bits per heavy atom. The smallest absolute Gasteiger partial charge is 0.341 e. The van der Waals surface area contributed by atoms with Gasteiger partial charge in [-0.3, -0.25) is 9.59 Å². The Morgan fingerprint density at radius 1 is 0.971 bits per heavy atom. The summed E-state index contributed by atoms with van der Waals surface area (Å²) in [6.07, 6.45) is 3.10. The molecule has 4 rings (SSSR count). The topological polar surface area (TPSA) is 93.7 Å². The molecule has 2 amide bonds. The molecule has 3 aromatic rings. The molecule has 0 unspecified atom stereocenters. The summed E-state index contributed by atoms with van der Waals surface area (Å²) < 4.78 is 11.0. The number of ether oxygens (including phenoxy) is 2. The maximum Gasteiger partial charge on any atom is 0.341 e. The standard InChI is InChI=1S/C27H28N2O5S/c1-3-33-27(32)23-21-11-7-8-12-22(21)35-26(23)29-25(31)18-13-15-20(16-14-18)34-17(2)24(30)28-19-9-5-4-6-10-19/h4-6,9-10,13-17H,3,7-8,11-12H2,1-2H3,(H,28,30)(H,29,31)/t17-/m0/s1. The number of carbonyl (C=O) groups excluding carboxylic acids is 3. The van der Waals surface area contributed by atoms with Crippen molar-refractivity contribution in [3.05, 3.63) is 76.2 Å². The lowest BCUT2D eigenvalue weighted by Crippen LogP contribution is -2.30. The Morgan fingerprint density at radius 2 is 1.69 bits per heavy atom.